The Balaban J connectivity index is 1.87. The van der Waals surface area contributed by atoms with Gasteiger partial charge in [0.1, 0.15) is 0 Å². The average molecular weight is 288 g/mol. The van der Waals surface area contributed by atoms with E-state index >= 15 is 0 Å². The first-order valence-electron chi connectivity index (χ1n) is 8.35. The third kappa shape index (κ3) is 3.47. The number of hydrogen-bond donors (Lipinski definition) is 1. The van der Waals surface area contributed by atoms with Crippen LogP contribution in [0.25, 0.3) is 0 Å². The van der Waals surface area contributed by atoms with Gasteiger partial charge in [0.25, 0.3) is 0 Å². The van der Waals surface area contributed by atoms with Crippen LogP contribution in [-0.2, 0) is 4.74 Å². The highest BCUT2D eigenvalue weighted by Crippen LogP contribution is 2.35. The van der Waals surface area contributed by atoms with E-state index in [0.29, 0.717) is 6.04 Å². The first-order chi connectivity index (χ1) is 10.3. The second-order valence-corrected chi connectivity index (χ2v) is 6.52. The highest BCUT2D eigenvalue weighted by molar-refractivity contribution is 5.32. The second kappa shape index (κ2) is 6.91. The molecule has 2 fully saturated rings. The van der Waals surface area contributed by atoms with Crippen LogP contribution in [0.3, 0.4) is 0 Å². The van der Waals surface area contributed by atoms with Crippen LogP contribution in [0.15, 0.2) is 18.2 Å². The summed E-state index contributed by atoms with van der Waals surface area (Å²) >= 11 is 0. The zero-order valence-corrected chi connectivity index (χ0v) is 13.4. The van der Waals surface area contributed by atoms with Crippen molar-refractivity contribution in [1.82, 2.24) is 10.2 Å². The molecule has 0 spiro atoms. The van der Waals surface area contributed by atoms with Gasteiger partial charge in [-0.25, -0.2) is 0 Å². The molecule has 3 nitrogen and oxygen atoms in total. The van der Waals surface area contributed by atoms with Gasteiger partial charge in [-0.05, 0) is 49.3 Å². The normalized spacial score (nSPS) is 23.1. The van der Waals surface area contributed by atoms with Gasteiger partial charge in [0.2, 0.25) is 0 Å². The summed E-state index contributed by atoms with van der Waals surface area (Å²) in [5, 5.41) is 3.48. The lowest BCUT2D eigenvalue weighted by Gasteiger charge is -2.41. The number of aryl methyl sites for hydroxylation is 2. The van der Waals surface area contributed by atoms with E-state index in [1.807, 2.05) is 0 Å². The molecule has 0 unspecified atom stereocenters. The van der Waals surface area contributed by atoms with E-state index in [1.165, 1.54) is 29.5 Å². The SMILES string of the molecule is Cc1ccc([C@H](C2CCOCC2)N2CCNCC2)cc1C. The van der Waals surface area contributed by atoms with Gasteiger partial charge in [0, 0.05) is 45.4 Å². The van der Waals surface area contributed by atoms with Crippen LogP contribution < -0.4 is 5.32 Å². The van der Waals surface area contributed by atoms with Crippen molar-refractivity contribution in [3.8, 4) is 0 Å². The van der Waals surface area contributed by atoms with E-state index in [9.17, 15) is 0 Å². The number of rotatable bonds is 3. The molecule has 0 amide bonds. The van der Waals surface area contributed by atoms with E-state index in [2.05, 4.69) is 42.3 Å². The van der Waals surface area contributed by atoms with Crippen LogP contribution in [0.2, 0.25) is 0 Å². The van der Waals surface area contributed by atoms with Gasteiger partial charge >= 0.3 is 0 Å². The molecule has 2 heterocycles. The predicted molar refractivity (Wildman–Crippen MR) is 86.6 cm³/mol. The fourth-order valence-electron chi connectivity index (χ4n) is 3.72. The highest BCUT2D eigenvalue weighted by atomic mass is 16.5. The third-order valence-corrected chi connectivity index (χ3v) is 5.13. The summed E-state index contributed by atoms with van der Waals surface area (Å²) in [5.74, 6) is 0.735. The minimum Gasteiger partial charge on any atom is -0.381 e. The Morgan fingerprint density at radius 3 is 2.48 bits per heavy atom. The van der Waals surface area contributed by atoms with Gasteiger partial charge < -0.3 is 10.1 Å². The minimum absolute atomic E-state index is 0.565. The van der Waals surface area contributed by atoms with Crippen molar-refractivity contribution < 1.29 is 4.74 Å². The predicted octanol–water partition coefficient (Wildman–Crippen LogP) is 2.68. The number of nitrogens with zero attached hydrogens (tertiary/aromatic N) is 1. The third-order valence-electron chi connectivity index (χ3n) is 5.13. The van der Waals surface area contributed by atoms with Crippen molar-refractivity contribution in [2.24, 2.45) is 5.92 Å². The molecule has 21 heavy (non-hydrogen) atoms. The standard InChI is InChI=1S/C18H28N2O/c1-14-3-4-17(13-15(14)2)18(16-5-11-21-12-6-16)20-9-7-19-8-10-20/h3-4,13,16,18-19H,5-12H2,1-2H3/t18-/m0/s1. The maximum absolute atomic E-state index is 5.59. The van der Waals surface area contributed by atoms with Gasteiger partial charge in [-0.15, -0.1) is 0 Å². The topological polar surface area (TPSA) is 24.5 Å². The summed E-state index contributed by atoms with van der Waals surface area (Å²) in [7, 11) is 0. The number of ether oxygens (including phenoxy) is 1. The fourth-order valence-corrected chi connectivity index (χ4v) is 3.72. The Bertz CT molecular complexity index is 444. The molecule has 1 atom stereocenters. The molecule has 3 rings (SSSR count). The van der Waals surface area contributed by atoms with Gasteiger partial charge in [-0.1, -0.05) is 18.2 Å². The lowest BCUT2D eigenvalue weighted by Crippen LogP contribution is -2.47. The molecule has 3 heteroatoms. The van der Waals surface area contributed by atoms with E-state index in [0.717, 1.165) is 45.3 Å². The summed E-state index contributed by atoms with van der Waals surface area (Å²) in [6, 6.07) is 7.62. The first-order valence-corrected chi connectivity index (χ1v) is 8.35. The molecule has 1 aromatic carbocycles. The maximum Gasteiger partial charge on any atom is 0.0469 e. The molecule has 0 radical (unpaired) electrons. The Kier molecular flexibility index (Phi) is 4.94. The minimum atomic E-state index is 0.565. The highest BCUT2D eigenvalue weighted by Gasteiger charge is 2.31. The van der Waals surface area contributed by atoms with Gasteiger partial charge in [-0.3, -0.25) is 4.90 Å². The number of benzene rings is 1. The molecular weight excluding hydrogens is 260 g/mol. The van der Waals surface area contributed by atoms with Gasteiger partial charge in [0.15, 0.2) is 0 Å². The van der Waals surface area contributed by atoms with Crippen LogP contribution in [0, 0.1) is 19.8 Å². The smallest absolute Gasteiger partial charge is 0.0469 e. The Hall–Kier alpha value is -0.900. The molecule has 0 aromatic heterocycles. The van der Waals surface area contributed by atoms with E-state index in [4.69, 9.17) is 4.74 Å². The first kappa shape index (κ1) is 15.0. The number of piperazine rings is 1. The van der Waals surface area contributed by atoms with E-state index in [1.54, 1.807) is 0 Å². The zero-order chi connectivity index (χ0) is 14.7. The van der Waals surface area contributed by atoms with E-state index in [-0.39, 0.29) is 0 Å². The zero-order valence-electron chi connectivity index (χ0n) is 13.4. The molecule has 0 aliphatic carbocycles. The molecule has 0 bridgehead atoms. The van der Waals surface area contributed by atoms with Gasteiger partial charge in [0.05, 0.1) is 0 Å². The Morgan fingerprint density at radius 2 is 1.81 bits per heavy atom. The summed E-state index contributed by atoms with van der Waals surface area (Å²) in [6.07, 6.45) is 2.39. The maximum atomic E-state index is 5.59. The molecule has 1 N–H and O–H groups in total. The van der Waals surface area contributed by atoms with Crippen molar-refractivity contribution in [3.63, 3.8) is 0 Å². The van der Waals surface area contributed by atoms with E-state index < -0.39 is 0 Å². The lowest BCUT2D eigenvalue weighted by molar-refractivity contribution is 0.0213. The molecule has 1 aromatic rings. The fraction of sp³-hybridized carbons (Fsp3) is 0.667. The van der Waals surface area contributed by atoms with Crippen LogP contribution in [0.4, 0.5) is 0 Å². The largest absolute Gasteiger partial charge is 0.381 e. The Morgan fingerprint density at radius 1 is 1.10 bits per heavy atom. The molecule has 2 saturated heterocycles. The number of hydrogen-bond acceptors (Lipinski definition) is 3. The molecule has 116 valence electrons. The summed E-state index contributed by atoms with van der Waals surface area (Å²) in [5.41, 5.74) is 4.32. The molecular formula is C18H28N2O. The lowest BCUT2D eigenvalue weighted by atomic mass is 9.84. The number of nitrogens with one attached hydrogen (secondary N) is 1. The van der Waals surface area contributed by atoms with Crippen molar-refractivity contribution in [2.75, 3.05) is 39.4 Å². The van der Waals surface area contributed by atoms with Crippen molar-refractivity contribution in [1.29, 1.82) is 0 Å². The van der Waals surface area contributed by atoms with Crippen molar-refractivity contribution >= 4 is 0 Å². The van der Waals surface area contributed by atoms with Crippen molar-refractivity contribution in [3.05, 3.63) is 34.9 Å². The van der Waals surface area contributed by atoms with Crippen molar-refractivity contribution in [2.45, 2.75) is 32.7 Å². The molecule has 2 aliphatic rings. The second-order valence-electron chi connectivity index (χ2n) is 6.52. The van der Waals surface area contributed by atoms with Crippen LogP contribution in [-0.4, -0.2) is 44.3 Å². The Labute approximate surface area is 128 Å². The molecule has 0 saturated carbocycles. The van der Waals surface area contributed by atoms with Gasteiger partial charge in [-0.2, -0.15) is 0 Å². The summed E-state index contributed by atoms with van der Waals surface area (Å²) in [4.78, 5) is 2.69. The summed E-state index contributed by atoms with van der Waals surface area (Å²) in [6.45, 7) is 10.8. The van der Waals surface area contributed by atoms with Crippen LogP contribution in [0.5, 0.6) is 0 Å². The quantitative estimate of drug-likeness (QED) is 0.925. The van der Waals surface area contributed by atoms with Crippen LogP contribution >= 0.6 is 0 Å². The average Bonchev–Trinajstić information content (AvgIpc) is 2.53. The monoisotopic (exact) mass is 288 g/mol. The summed E-state index contributed by atoms with van der Waals surface area (Å²) < 4.78 is 5.59. The molecule has 2 aliphatic heterocycles. The van der Waals surface area contributed by atoms with Crippen LogP contribution in [0.1, 0.15) is 35.6 Å².